The summed E-state index contributed by atoms with van der Waals surface area (Å²) in [7, 11) is 1.99. The maximum Gasteiger partial charge on any atom is 0.0700 e. The lowest BCUT2D eigenvalue weighted by Gasteiger charge is -2.32. The van der Waals surface area contributed by atoms with Crippen molar-refractivity contribution in [3.8, 4) is 0 Å². The molecule has 1 unspecified atom stereocenters. The molecule has 1 aliphatic heterocycles. The van der Waals surface area contributed by atoms with Gasteiger partial charge in [0.2, 0.25) is 0 Å². The van der Waals surface area contributed by atoms with Crippen LogP contribution in [-0.2, 0) is 17.8 Å². The van der Waals surface area contributed by atoms with Crippen LogP contribution in [0, 0.1) is 0 Å². The molecule has 1 aromatic heterocycles. The fraction of sp³-hybridized carbons (Fsp3) is 0.692. The summed E-state index contributed by atoms with van der Waals surface area (Å²) in [6, 6.07) is 4.49. The van der Waals surface area contributed by atoms with Crippen LogP contribution in [-0.4, -0.2) is 37.7 Å². The zero-order chi connectivity index (χ0) is 12.1. The predicted molar refractivity (Wildman–Crippen MR) is 72.4 cm³/mol. The Morgan fingerprint density at radius 1 is 1.47 bits per heavy atom. The molecule has 0 aliphatic carbocycles. The first-order valence-corrected chi connectivity index (χ1v) is 7.19. The van der Waals surface area contributed by atoms with Gasteiger partial charge in [0.25, 0.3) is 0 Å². The van der Waals surface area contributed by atoms with Gasteiger partial charge in [0.05, 0.1) is 12.7 Å². The van der Waals surface area contributed by atoms with Crippen molar-refractivity contribution in [3.05, 3.63) is 21.9 Å². The van der Waals surface area contributed by atoms with Crippen molar-refractivity contribution in [3.63, 3.8) is 0 Å². The summed E-state index contributed by atoms with van der Waals surface area (Å²) < 4.78 is 5.69. The molecule has 1 saturated heterocycles. The van der Waals surface area contributed by atoms with E-state index in [4.69, 9.17) is 4.74 Å². The van der Waals surface area contributed by atoms with Crippen LogP contribution >= 0.6 is 11.3 Å². The first-order chi connectivity index (χ1) is 8.31. The van der Waals surface area contributed by atoms with Crippen molar-refractivity contribution in [2.24, 2.45) is 0 Å². The lowest BCUT2D eigenvalue weighted by Crippen LogP contribution is -2.41. The second-order valence-electron chi connectivity index (χ2n) is 4.53. The maximum absolute atomic E-state index is 5.69. The summed E-state index contributed by atoms with van der Waals surface area (Å²) in [6.07, 6.45) is 1.55. The van der Waals surface area contributed by atoms with E-state index in [9.17, 15) is 0 Å². The van der Waals surface area contributed by atoms with E-state index < -0.39 is 0 Å². The Morgan fingerprint density at radius 3 is 3.06 bits per heavy atom. The van der Waals surface area contributed by atoms with Crippen LogP contribution in [0.1, 0.15) is 23.1 Å². The van der Waals surface area contributed by atoms with E-state index in [0.717, 1.165) is 39.2 Å². The number of hydrogen-bond donors (Lipinski definition) is 1. The molecule has 0 bridgehead atoms. The average molecular weight is 254 g/mol. The molecule has 0 radical (unpaired) electrons. The lowest BCUT2D eigenvalue weighted by atomic mass is 10.2. The molecule has 2 rings (SSSR count). The fourth-order valence-corrected chi connectivity index (χ4v) is 3.24. The molecule has 1 fully saturated rings. The molecule has 2 heterocycles. The molecule has 17 heavy (non-hydrogen) atoms. The van der Waals surface area contributed by atoms with Gasteiger partial charge in [0.15, 0.2) is 0 Å². The third kappa shape index (κ3) is 3.78. The number of nitrogens with zero attached hydrogens (tertiary/aromatic N) is 1. The first-order valence-electron chi connectivity index (χ1n) is 6.38. The first kappa shape index (κ1) is 13.0. The normalized spacial score (nSPS) is 21.9. The smallest absolute Gasteiger partial charge is 0.0700 e. The number of morpholine rings is 1. The maximum atomic E-state index is 5.69. The van der Waals surface area contributed by atoms with Crippen LogP contribution in [0.15, 0.2) is 12.1 Å². The molecule has 3 nitrogen and oxygen atoms in total. The molecule has 1 aliphatic rings. The minimum atomic E-state index is 0.431. The van der Waals surface area contributed by atoms with E-state index in [2.05, 4.69) is 29.3 Å². The Labute approximate surface area is 108 Å². The fourth-order valence-electron chi connectivity index (χ4n) is 2.17. The Balaban J connectivity index is 1.86. The van der Waals surface area contributed by atoms with Crippen molar-refractivity contribution >= 4 is 11.3 Å². The quantitative estimate of drug-likeness (QED) is 0.870. The van der Waals surface area contributed by atoms with Crippen LogP contribution in [0.2, 0.25) is 0 Å². The van der Waals surface area contributed by atoms with Crippen LogP contribution in [0.4, 0.5) is 0 Å². The van der Waals surface area contributed by atoms with Crippen molar-refractivity contribution in [1.82, 2.24) is 10.2 Å². The highest BCUT2D eigenvalue weighted by Crippen LogP contribution is 2.19. The predicted octanol–water partition coefficient (Wildman–Crippen LogP) is 2.08. The number of hydrogen-bond acceptors (Lipinski definition) is 4. The third-order valence-corrected chi connectivity index (χ3v) is 4.20. The lowest BCUT2D eigenvalue weighted by molar-refractivity contribution is -0.0321. The van der Waals surface area contributed by atoms with Crippen molar-refractivity contribution < 1.29 is 4.74 Å². The minimum Gasteiger partial charge on any atom is -0.376 e. The molecular formula is C13H22N2OS. The van der Waals surface area contributed by atoms with Gasteiger partial charge in [0.1, 0.15) is 0 Å². The standard InChI is InChI=1S/C13H22N2OS/c1-3-11-9-15(6-7-16-11)10-13-5-4-12(17-13)8-14-2/h4-5,11,14H,3,6-10H2,1-2H3. The summed E-state index contributed by atoms with van der Waals surface area (Å²) in [4.78, 5) is 5.39. The Hall–Kier alpha value is -0.420. The van der Waals surface area contributed by atoms with Crippen LogP contribution in [0.25, 0.3) is 0 Å². The van der Waals surface area contributed by atoms with Gasteiger partial charge in [-0.15, -0.1) is 11.3 Å². The number of nitrogens with one attached hydrogen (secondary N) is 1. The van der Waals surface area contributed by atoms with Crippen molar-refractivity contribution in [1.29, 1.82) is 0 Å². The molecule has 4 heteroatoms. The molecule has 0 amide bonds. The average Bonchev–Trinajstić information content (AvgIpc) is 2.77. The number of ether oxygens (including phenoxy) is 1. The monoisotopic (exact) mass is 254 g/mol. The van der Waals surface area contributed by atoms with Crippen molar-refractivity contribution in [2.45, 2.75) is 32.5 Å². The van der Waals surface area contributed by atoms with Crippen LogP contribution < -0.4 is 5.32 Å². The van der Waals surface area contributed by atoms with E-state index in [-0.39, 0.29) is 0 Å². The van der Waals surface area contributed by atoms with Gasteiger partial charge < -0.3 is 10.1 Å². The second kappa shape index (κ2) is 6.50. The van der Waals surface area contributed by atoms with Crippen LogP contribution in [0.5, 0.6) is 0 Å². The molecule has 96 valence electrons. The SMILES string of the molecule is CCC1CN(Cc2ccc(CNC)s2)CCO1. The van der Waals surface area contributed by atoms with E-state index in [1.807, 2.05) is 18.4 Å². The van der Waals surface area contributed by atoms with Gasteiger partial charge in [-0.3, -0.25) is 4.90 Å². The largest absolute Gasteiger partial charge is 0.376 e. The van der Waals surface area contributed by atoms with Crippen LogP contribution in [0.3, 0.4) is 0 Å². The Bertz CT molecular complexity index is 340. The summed E-state index contributed by atoms with van der Waals surface area (Å²) in [5.41, 5.74) is 0. The molecule has 0 spiro atoms. The number of rotatable bonds is 5. The van der Waals surface area contributed by atoms with Gasteiger partial charge in [-0.2, -0.15) is 0 Å². The molecule has 0 aromatic carbocycles. The Kier molecular flexibility index (Phi) is 4.98. The molecule has 1 aromatic rings. The summed E-state index contributed by atoms with van der Waals surface area (Å²) >= 11 is 1.91. The van der Waals surface area contributed by atoms with E-state index >= 15 is 0 Å². The van der Waals surface area contributed by atoms with Gasteiger partial charge >= 0.3 is 0 Å². The second-order valence-corrected chi connectivity index (χ2v) is 5.79. The summed E-state index contributed by atoms with van der Waals surface area (Å²) in [5.74, 6) is 0. The minimum absolute atomic E-state index is 0.431. The highest BCUT2D eigenvalue weighted by molar-refractivity contribution is 7.11. The van der Waals surface area contributed by atoms with Gasteiger partial charge in [-0.25, -0.2) is 0 Å². The Morgan fingerprint density at radius 2 is 2.29 bits per heavy atom. The zero-order valence-electron chi connectivity index (χ0n) is 10.7. The molecular weight excluding hydrogens is 232 g/mol. The topological polar surface area (TPSA) is 24.5 Å². The molecule has 0 saturated carbocycles. The highest BCUT2D eigenvalue weighted by Gasteiger charge is 2.19. The van der Waals surface area contributed by atoms with E-state index in [1.165, 1.54) is 9.75 Å². The van der Waals surface area contributed by atoms with Gasteiger partial charge in [-0.05, 0) is 25.6 Å². The van der Waals surface area contributed by atoms with E-state index in [0.29, 0.717) is 6.10 Å². The third-order valence-electron chi connectivity index (χ3n) is 3.13. The molecule has 1 atom stereocenters. The highest BCUT2D eigenvalue weighted by atomic mass is 32.1. The van der Waals surface area contributed by atoms with Gasteiger partial charge in [0, 0.05) is 35.9 Å². The molecule has 1 N–H and O–H groups in total. The van der Waals surface area contributed by atoms with Crippen molar-refractivity contribution in [2.75, 3.05) is 26.7 Å². The zero-order valence-corrected chi connectivity index (χ0v) is 11.6. The summed E-state index contributed by atoms with van der Waals surface area (Å²) in [5, 5.41) is 3.19. The van der Waals surface area contributed by atoms with Gasteiger partial charge in [-0.1, -0.05) is 6.92 Å². The summed E-state index contributed by atoms with van der Waals surface area (Å²) in [6.45, 7) is 7.28. The van der Waals surface area contributed by atoms with E-state index in [1.54, 1.807) is 0 Å². The number of thiophene rings is 1.